The van der Waals surface area contributed by atoms with Gasteiger partial charge in [0, 0.05) is 6.54 Å². The molecule has 0 fully saturated rings. The molecule has 0 amide bonds. The van der Waals surface area contributed by atoms with Crippen molar-refractivity contribution in [2.24, 2.45) is 0 Å². The number of sulfonamides is 1. The molecule has 0 aliphatic carbocycles. The zero-order valence-corrected chi connectivity index (χ0v) is 8.02. The highest BCUT2D eigenvalue weighted by molar-refractivity contribution is 7.89. The van der Waals surface area contributed by atoms with Crippen molar-refractivity contribution in [2.45, 2.75) is 31.6 Å². The van der Waals surface area contributed by atoms with Crippen LogP contribution in [0.25, 0.3) is 0 Å². The molecule has 4 nitrogen and oxygen atoms in total. The lowest BCUT2D eigenvalue weighted by Gasteiger charge is -2.06. The summed E-state index contributed by atoms with van der Waals surface area (Å²) in [5.74, 6) is -3.39. The zero-order chi connectivity index (χ0) is 10.5. The topological polar surface area (TPSA) is 66.4 Å². The second kappa shape index (κ2) is 5.46. The average Bonchev–Trinajstić information content (AvgIpc) is 1.97. The fourth-order valence-electron chi connectivity index (χ4n) is 0.675. The van der Waals surface area contributed by atoms with Gasteiger partial charge in [0.05, 0.1) is 6.10 Å². The van der Waals surface area contributed by atoms with Gasteiger partial charge in [0.1, 0.15) is 0 Å². The number of rotatable bonds is 6. The van der Waals surface area contributed by atoms with E-state index in [1.165, 1.54) is 0 Å². The third-order valence-corrected chi connectivity index (χ3v) is 2.41. The third-order valence-electron chi connectivity index (χ3n) is 1.34. The molecule has 13 heavy (non-hydrogen) atoms. The van der Waals surface area contributed by atoms with E-state index < -0.39 is 21.9 Å². The van der Waals surface area contributed by atoms with E-state index in [4.69, 9.17) is 5.11 Å². The predicted molar refractivity (Wildman–Crippen MR) is 43.8 cm³/mol. The molecule has 0 aromatic rings. The maximum absolute atomic E-state index is 11.7. The Hall–Kier alpha value is -0.270. The van der Waals surface area contributed by atoms with Crippen molar-refractivity contribution in [1.82, 2.24) is 4.72 Å². The van der Waals surface area contributed by atoms with Gasteiger partial charge in [0.15, 0.2) is 0 Å². The molecular weight excluding hydrogens is 204 g/mol. The van der Waals surface area contributed by atoms with Crippen LogP contribution in [0.4, 0.5) is 8.78 Å². The van der Waals surface area contributed by atoms with Gasteiger partial charge in [0.25, 0.3) is 10.0 Å². The first-order valence-electron chi connectivity index (χ1n) is 3.81. The molecule has 0 saturated carbocycles. The normalized spacial score (nSPS) is 14.8. The Bertz CT molecular complexity index is 228. The number of hydrogen-bond donors (Lipinski definition) is 2. The van der Waals surface area contributed by atoms with Crippen LogP contribution in [0.15, 0.2) is 0 Å². The van der Waals surface area contributed by atoms with Gasteiger partial charge in [-0.25, -0.2) is 13.1 Å². The second-order valence-corrected chi connectivity index (χ2v) is 4.43. The molecule has 0 spiro atoms. The van der Waals surface area contributed by atoms with E-state index >= 15 is 0 Å². The Morgan fingerprint density at radius 1 is 1.46 bits per heavy atom. The first kappa shape index (κ1) is 12.7. The number of hydrogen-bond acceptors (Lipinski definition) is 3. The molecule has 0 rings (SSSR count). The number of alkyl halides is 2. The molecule has 1 atom stereocenters. The monoisotopic (exact) mass is 217 g/mol. The van der Waals surface area contributed by atoms with Crippen molar-refractivity contribution in [1.29, 1.82) is 0 Å². The van der Waals surface area contributed by atoms with Crippen molar-refractivity contribution in [3.05, 3.63) is 0 Å². The summed E-state index contributed by atoms with van der Waals surface area (Å²) in [6.45, 7) is 1.47. The summed E-state index contributed by atoms with van der Waals surface area (Å²) < 4.78 is 46.0. The summed E-state index contributed by atoms with van der Waals surface area (Å²) in [6.07, 6.45) is 0.172. The Balaban J connectivity index is 3.66. The molecule has 2 N–H and O–H groups in total. The van der Waals surface area contributed by atoms with Crippen molar-refractivity contribution in [2.75, 3.05) is 6.54 Å². The number of aliphatic hydroxyl groups is 1. The number of halogens is 2. The van der Waals surface area contributed by atoms with Gasteiger partial charge in [-0.15, -0.1) is 0 Å². The minimum Gasteiger partial charge on any atom is -0.393 e. The minimum absolute atomic E-state index is 0.0719. The van der Waals surface area contributed by atoms with Crippen LogP contribution < -0.4 is 4.72 Å². The van der Waals surface area contributed by atoms with Crippen molar-refractivity contribution < 1.29 is 22.3 Å². The van der Waals surface area contributed by atoms with E-state index in [9.17, 15) is 17.2 Å². The molecule has 0 aromatic carbocycles. The van der Waals surface area contributed by atoms with Gasteiger partial charge in [-0.05, 0) is 19.8 Å². The largest absolute Gasteiger partial charge is 0.393 e. The summed E-state index contributed by atoms with van der Waals surface area (Å²) in [6, 6.07) is 0. The van der Waals surface area contributed by atoms with Gasteiger partial charge >= 0.3 is 5.76 Å². The van der Waals surface area contributed by atoms with Crippen LogP contribution in [0.1, 0.15) is 19.8 Å². The van der Waals surface area contributed by atoms with Crippen LogP contribution in [0.2, 0.25) is 0 Å². The van der Waals surface area contributed by atoms with Crippen LogP contribution in [-0.4, -0.2) is 31.9 Å². The fraction of sp³-hybridized carbons (Fsp3) is 1.00. The summed E-state index contributed by atoms with van der Waals surface area (Å²) in [5, 5.41) is 8.77. The second-order valence-electron chi connectivity index (χ2n) is 2.69. The molecule has 7 heteroatoms. The van der Waals surface area contributed by atoms with Crippen molar-refractivity contribution >= 4 is 10.0 Å². The fourth-order valence-corrected chi connectivity index (χ4v) is 1.23. The smallest absolute Gasteiger partial charge is 0.350 e. The van der Waals surface area contributed by atoms with Crippen LogP contribution in [0.5, 0.6) is 0 Å². The van der Waals surface area contributed by atoms with E-state index in [1.807, 2.05) is 0 Å². The SMILES string of the molecule is CC(O)CCCNS(=O)(=O)C(F)F. The molecule has 0 bridgehead atoms. The van der Waals surface area contributed by atoms with E-state index in [1.54, 1.807) is 11.6 Å². The molecule has 0 heterocycles. The Labute approximate surface area is 76.0 Å². The van der Waals surface area contributed by atoms with E-state index in [0.29, 0.717) is 12.8 Å². The first-order valence-corrected chi connectivity index (χ1v) is 5.35. The van der Waals surface area contributed by atoms with Crippen LogP contribution in [-0.2, 0) is 10.0 Å². The molecular formula is C6H13F2NO3S. The molecule has 0 aromatic heterocycles. The predicted octanol–water partition coefficient (Wildman–Crippen LogP) is 0.289. The molecule has 0 aliphatic heterocycles. The van der Waals surface area contributed by atoms with E-state index in [2.05, 4.69) is 0 Å². The molecule has 0 radical (unpaired) electrons. The van der Waals surface area contributed by atoms with E-state index in [0.717, 1.165) is 0 Å². The Morgan fingerprint density at radius 3 is 2.38 bits per heavy atom. The first-order chi connectivity index (χ1) is 5.86. The highest BCUT2D eigenvalue weighted by Gasteiger charge is 2.22. The number of aliphatic hydroxyl groups excluding tert-OH is 1. The maximum atomic E-state index is 11.7. The summed E-state index contributed by atoms with van der Waals surface area (Å²) >= 11 is 0. The highest BCUT2D eigenvalue weighted by Crippen LogP contribution is 2.02. The molecule has 80 valence electrons. The van der Waals surface area contributed by atoms with Gasteiger partial charge in [-0.3, -0.25) is 0 Å². The third kappa shape index (κ3) is 5.89. The maximum Gasteiger partial charge on any atom is 0.350 e. The highest BCUT2D eigenvalue weighted by atomic mass is 32.2. The minimum atomic E-state index is -4.46. The molecule has 1 unspecified atom stereocenters. The lowest BCUT2D eigenvalue weighted by molar-refractivity contribution is 0.182. The summed E-state index contributed by atoms with van der Waals surface area (Å²) in [4.78, 5) is 0. The van der Waals surface area contributed by atoms with Crippen LogP contribution in [0.3, 0.4) is 0 Å². The number of nitrogens with one attached hydrogen (secondary N) is 1. The van der Waals surface area contributed by atoms with Gasteiger partial charge in [-0.2, -0.15) is 8.78 Å². The average molecular weight is 217 g/mol. The quantitative estimate of drug-likeness (QED) is 0.628. The van der Waals surface area contributed by atoms with Gasteiger partial charge in [-0.1, -0.05) is 0 Å². The lowest BCUT2D eigenvalue weighted by atomic mass is 10.2. The van der Waals surface area contributed by atoms with Crippen LogP contribution >= 0.6 is 0 Å². The lowest BCUT2D eigenvalue weighted by Crippen LogP contribution is -2.30. The standard InChI is InChI=1S/C6H13F2NO3S/c1-5(10)3-2-4-9-13(11,12)6(7)8/h5-6,9-10H,2-4H2,1H3. The van der Waals surface area contributed by atoms with Crippen molar-refractivity contribution in [3.63, 3.8) is 0 Å². The van der Waals surface area contributed by atoms with E-state index in [-0.39, 0.29) is 6.54 Å². The molecule has 0 saturated heterocycles. The van der Waals surface area contributed by atoms with Crippen LogP contribution in [0, 0.1) is 0 Å². The Morgan fingerprint density at radius 2 is 2.00 bits per heavy atom. The van der Waals surface area contributed by atoms with Gasteiger partial charge in [0.2, 0.25) is 0 Å². The Kier molecular flexibility index (Phi) is 5.34. The summed E-state index contributed by atoms with van der Waals surface area (Å²) in [5.41, 5.74) is 0. The molecule has 0 aliphatic rings. The zero-order valence-electron chi connectivity index (χ0n) is 7.20. The van der Waals surface area contributed by atoms with Gasteiger partial charge < -0.3 is 5.11 Å². The van der Waals surface area contributed by atoms with Crippen molar-refractivity contribution in [3.8, 4) is 0 Å². The summed E-state index contributed by atoms with van der Waals surface area (Å²) in [7, 11) is -4.46.